The van der Waals surface area contributed by atoms with E-state index in [4.69, 9.17) is 32.7 Å². The number of fused-ring (bicyclic) bond motifs is 3. The predicted octanol–water partition coefficient (Wildman–Crippen LogP) is -0.0653. The highest BCUT2D eigenvalue weighted by atomic mass is 35.5. The standard InChI is InChI=1S/C22H23ClN2O8.HNO3/c1-21(32)7-6-8-15(25(2)3)17(28)13(20(24)31)19(30)22(8,33)18(29)11(7)16(27)12-10(26)5-4-9(23)14(12)21;2-1(3)4/h4-5,7-8,15,26-27,30,32-33H,6H2,1-3H3,(H2,24,31);(H,2,3,4)/t7-,8-,15-,21-,22-;/m0./s1. The summed E-state index contributed by atoms with van der Waals surface area (Å²) in [6.07, 6.45) is -0.259. The number of amides is 1. The molecule has 0 spiro atoms. The Morgan fingerprint density at radius 1 is 1.22 bits per heavy atom. The molecule has 37 heavy (non-hydrogen) atoms. The molecule has 5 atom stereocenters. The molecule has 4 rings (SSSR count). The molecule has 14 nitrogen and oxygen atoms in total. The molecule has 0 aliphatic heterocycles. The lowest BCUT2D eigenvalue weighted by Crippen LogP contribution is -2.67. The van der Waals surface area contributed by atoms with E-state index in [1.165, 1.54) is 38.1 Å². The number of phenolic OH excluding ortho intramolecular Hbond substituents is 1. The smallest absolute Gasteiger partial charge is 0.291 e. The highest BCUT2D eigenvalue weighted by Crippen LogP contribution is 2.58. The number of Topliss-reactive ketones (excluding diaryl/α,β-unsaturated/α-hetero) is 2. The fourth-order valence-electron chi connectivity index (χ4n) is 5.58. The van der Waals surface area contributed by atoms with E-state index in [0.29, 0.717) is 0 Å². The Balaban J connectivity index is 0.000000886. The Morgan fingerprint density at radius 2 is 1.76 bits per heavy atom. The summed E-state index contributed by atoms with van der Waals surface area (Å²) in [6.45, 7) is 1.34. The number of nitrogens with two attached hydrogens (primary N) is 1. The number of halogens is 1. The van der Waals surface area contributed by atoms with Crippen molar-refractivity contribution < 1.29 is 50.2 Å². The Labute approximate surface area is 213 Å². The maximum absolute atomic E-state index is 13.7. The number of benzene rings is 1. The van der Waals surface area contributed by atoms with Crippen LogP contribution in [0.3, 0.4) is 0 Å². The highest BCUT2D eigenvalue weighted by molar-refractivity contribution is 6.32. The summed E-state index contributed by atoms with van der Waals surface area (Å²) >= 11 is 6.28. The van der Waals surface area contributed by atoms with Gasteiger partial charge in [0.15, 0.2) is 11.4 Å². The lowest BCUT2D eigenvalue weighted by atomic mass is 9.54. The van der Waals surface area contributed by atoms with Gasteiger partial charge in [0.1, 0.15) is 22.8 Å². The van der Waals surface area contributed by atoms with Crippen LogP contribution >= 0.6 is 11.6 Å². The lowest BCUT2D eigenvalue weighted by Gasteiger charge is -2.53. The van der Waals surface area contributed by atoms with E-state index in [1.54, 1.807) is 0 Å². The Kier molecular flexibility index (Phi) is 6.77. The molecule has 1 fully saturated rings. The third-order valence-electron chi connectivity index (χ3n) is 7.07. The van der Waals surface area contributed by atoms with Gasteiger partial charge >= 0.3 is 0 Å². The minimum atomic E-state index is -2.78. The van der Waals surface area contributed by atoms with Gasteiger partial charge in [0, 0.05) is 28.0 Å². The first-order valence-corrected chi connectivity index (χ1v) is 11.0. The molecule has 0 aromatic heterocycles. The van der Waals surface area contributed by atoms with Crippen molar-refractivity contribution in [3.8, 4) is 5.75 Å². The number of phenols is 1. The van der Waals surface area contributed by atoms with Gasteiger partial charge in [0.05, 0.1) is 17.2 Å². The number of aliphatic hydroxyl groups excluding tert-OH is 2. The maximum Gasteiger partial charge on any atom is 0.291 e. The Bertz CT molecular complexity index is 1300. The quantitative estimate of drug-likeness (QED) is 0.148. The lowest BCUT2D eigenvalue weighted by molar-refractivity contribution is -0.742. The molecule has 0 heterocycles. The van der Waals surface area contributed by atoms with Crippen molar-refractivity contribution in [3.63, 3.8) is 0 Å². The molecule has 0 radical (unpaired) electrons. The number of ketones is 2. The van der Waals surface area contributed by atoms with Crippen molar-refractivity contribution in [2.75, 3.05) is 14.1 Å². The van der Waals surface area contributed by atoms with Gasteiger partial charge in [-0.1, -0.05) is 11.6 Å². The second-order valence-electron chi connectivity index (χ2n) is 9.31. The van der Waals surface area contributed by atoms with Crippen LogP contribution in [0.1, 0.15) is 24.5 Å². The minimum absolute atomic E-state index is 0.0187. The zero-order valence-electron chi connectivity index (χ0n) is 19.7. The van der Waals surface area contributed by atoms with Crippen LogP contribution in [-0.4, -0.2) is 83.9 Å². The van der Waals surface area contributed by atoms with Crippen molar-refractivity contribution >= 4 is 34.8 Å². The molecule has 1 aromatic carbocycles. The molecule has 0 unspecified atom stereocenters. The minimum Gasteiger partial charge on any atom is -0.508 e. The van der Waals surface area contributed by atoms with Gasteiger partial charge in [0.2, 0.25) is 5.78 Å². The van der Waals surface area contributed by atoms with Crippen molar-refractivity contribution in [1.29, 1.82) is 0 Å². The van der Waals surface area contributed by atoms with E-state index in [1.807, 2.05) is 0 Å². The molecule has 200 valence electrons. The van der Waals surface area contributed by atoms with Gasteiger partial charge in [-0.2, -0.15) is 0 Å². The van der Waals surface area contributed by atoms with E-state index in [0.717, 1.165) is 0 Å². The summed E-state index contributed by atoms with van der Waals surface area (Å²) in [5.74, 6) is -8.30. The summed E-state index contributed by atoms with van der Waals surface area (Å²) in [6, 6.07) is 1.24. The molecule has 3 aliphatic rings. The molecule has 0 bridgehead atoms. The van der Waals surface area contributed by atoms with Crippen molar-refractivity contribution in [1.82, 2.24) is 4.90 Å². The third kappa shape index (κ3) is 3.89. The molecule has 1 saturated carbocycles. The van der Waals surface area contributed by atoms with Crippen molar-refractivity contribution in [3.05, 3.63) is 55.3 Å². The van der Waals surface area contributed by atoms with Gasteiger partial charge in [-0.05, 0) is 39.6 Å². The first kappa shape index (κ1) is 27.9. The Morgan fingerprint density at radius 3 is 2.24 bits per heavy atom. The number of aliphatic hydroxyl groups is 4. The summed E-state index contributed by atoms with van der Waals surface area (Å²) in [4.78, 5) is 48.4. The van der Waals surface area contributed by atoms with Crippen molar-refractivity contribution in [2.24, 2.45) is 17.6 Å². The zero-order chi connectivity index (χ0) is 28.4. The van der Waals surface area contributed by atoms with Crippen LogP contribution in [0.4, 0.5) is 0 Å². The van der Waals surface area contributed by atoms with Gasteiger partial charge in [-0.25, -0.2) is 0 Å². The van der Waals surface area contributed by atoms with Crippen LogP contribution in [0.25, 0.3) is 5.76 Å². The Hall–Kier alpha value is -3.72. The number of hydrogen-bond acceptors (Lipinski definition) is 11. The molecule has 8 N–H and O–H groups in total. The molecular formula is C22H24ClN3O11. The van der Waals surface area contributed by atoms with E-state index in [-0.39, 0.29) is 22.6 Å². The number of primary amides is 1. The van der Waals surface area contributed by atoms with Crippen LogP contribution in [0.15, 0.2) is 29.0 Å². The van der Waals surface area contributed by atoms with E-state index in [2.05, 4.69) is 0 Å². The average molecular weight is 542 g/mol. The fourth-order valence-corrected chi connectivity index (χ4v) is 5.93. The molecule has 1 amide bonds. The van der Waals surface area contributed by atoms with E-state index >= 15 is 0 Å². The number of hydrogen-bond donors (Lipinski definition) is 7. The second kappa shape index (κ2) is 8.99. The molecule has 3 aliphatic carbocycles. The summed E-state index contributed by atoms with van der Waals surface area (Å²) < 4.78 is 0. The van der Waals surface area contributed by atoms with E-state index < -0.39 is 80.1 Å². The summed E-state index contributed by atoms with van der Waals surface area (Å²) in [7, 11) is 2.97. The van der Waals surface area contributed by atoms with E-state index in [9.17, 15) is 39.9 Å². The molecule has 15 heteroatoms. The number of carbonyl (C=O) groups is 3. The predicted molar refractivity (Wildman–Crippen MR) is 124 cm³/mol. The largest absolute Gasteiger partial charge is 0.508 e. The van der Waals surface area contributed by atoms with Crippen LogP contribution in [0, 0.1) is 22.0 Å². The monoisotopic (exact) mass is 541 g/mol. The van der Waals surface area contributed by atoms with Crippen LogP contribution in [0.2, 0.25) is 5.02 Å². The zero-order valence-corrected chi connectivity index (χ0v) is 20.4. The third-order valence-corrected chi connectivity index (χ3v) is 7.39. The number of aromatic hydroxyl groups is 1. The SMILES string of the molecule is CN(C)[C@@H]1C(=O)C(C(N)=O)=C(O)[C@@]2(O)C(=O)C3=C(O)c4c(O)ccc(Cl)c4[C@@](C)(O)[C@H]3C[C@@H]12.O=[N+]([O-])O. The maximum atomic E-state index is 13.7. The number of nitrogens with zero attached hydrogens (tertiary/aromatic N) is 2. The summed E-state index contributed by atoms with van der Waals surface area (Å²) in [5.41, 5.74) is -1.10. The topological polar surface area (TPSA) is 245 Å². The normalized spacial score (nSPS) is 30.7. The van der Waals surface area contributed by atoms with Crippen LogP contribution in [-0.2, 0) is 20.0 Å². The van der Waals surface area contributed by atoms with Crippen LogP contribution in [0.5, 0.6) is 5.75 Å². The first-order valence-electron chi connectivity index (χ1n) is 10.6. The molecular weight excluding hydrogens is 518 g/mol. The van der Waals surface area contributed by atoms with Crippen LogP contribution < -0.4 is 5.73 Å². The first-order chi connectivity index (χ1) is 16.9. The second-order valence-corrected chi connectivity index (χ2v) is 9.72. The molecule has 1 aromatic rings. The number of likely N-dealkylation sites (N-methyl/N-ethyl adjacent to an activating group) is 1. The van der Waals surface area contributed by atoms with Gasteiger partial charge in [-0.15, -0.1) is 10.1 Å². The number of rotatable bonds is 2. The van der Waals surface area contributed by atoms with Gasteiger partial charge in [0.25, 0.3) is 11.0 Å². The average Bonchev–Trinajstić information content (AvgIpc) is 2.75. The fraction of sp³-hybridized carbons (Fsp3) is 0.409. The summed E-state index contributed by atoms with van der Waals surface area (Å²) in [5, 5.41) is 68.8. The number of carbonyl (C=O) groups excluding carboxylic acids is 3. The highest BCUT2D eigenvalue weighted by Gasteiger charge is 2.66. The molecule has 0 saturated heterocycles. The van der Waals surface area contributed by atoms with Gasteiger partial charge in [-0.3, -0.25) is 19.3 Å². The van der Waals surface area contributed by atoms with Crippen molar-refractivity contribution in [2.45, 2.75) is 30.6 Å². The van der Waals surface area contributed by atoms with Gasteiger partial charge < -0.3 is 36.5 Å².